The van der Waals surface area contributed by atoms with Crippen LogP contribution in [0.4, 0.5) is 0 Å². The van der Waals surface area contributed by atoms with Crippen molar-refractivity contribution < 1.29 is 14.3 Å². The SMILES string of the molecule is C=C(C)C1CCC(C2CCC3(C)C4CCC5C(C)(C)C(=O)C=CC56CC46C=CC23C)C(=O)O1. The Bertz CT molecular complexity index is 1020. The highest BCUT2D eigenvalue weighted by molar-refractivity contribution is 5.96. The van der Waals surface area contributed by atoms with Crippen molar-refractivity contribution >= 4 is 11.8 Å². The standard InChI is InChI=1S/C30H40O3/c1-18(2)21-8-7-19(25(32)33-21)20-11-13-28(6)23-10-9-22-26(3,4)24(31)12-14-29(22)17-30(23,29)16-15-27(20,28)5/h12,14-16,19-23H,1,7-11,13,17H2,2-6H3. The first-order valence-electron chi connectivity index (χ1n) is 13.2. The fourth-order valence-corrected chi connectivity index (χ4v) is 10.0. The summed E-state index contributed by atoms with van der Waals surface area (Å²) in [7, 11) is 0. The lowest BCUT2D eigenvalue weighted by molar-refractivity contribution is -0.163. The number of hydrogen-bond donors (Lipinski definition) is 0. The Kier molecular flexibility index (Phi) is 4.19. The highest BCUT2D eigenvalue weighted by Crippen LogP contribution is 2.86. The summed E-state index contributed by atoms with van der Waals surface area (Å²) in [5.74, 6) is 1.72. The average molecular weight is 449 g/mol. The smallest absolute Gasteiger partial charge is 0.309 e. The zero-order chi connectivity index (χ0) is 23.6. The molecule has 0 N–H and O–H groups in total. The van der Waals surface area contributed by atoms with E-state index in [4.69, 9.17) is 4.74 Å². The van der Waals surface area contributed by atoms with Crippen molar-refractivity contribution in [3.05, 3.63) is 36.5 Å². The predicted octanol–water partition coefficient (Wildman–Crippen LogP) is 6.44. The van der Waals surface area contributed by atoms with Gasteiger partial charge >= 0.3 is 5.97 Å². The summed E-state index contributed by atoms with van der Waals surface area (Å²) in [6.45, 7) is 15.3. The number of ether oxygens (including phenoxy) is 1. The molecule has 2 spiro atoms. The van der Waals surface area contributed by atoms with Crippen molar-refractivity contribution in [2.75, 3.05) is 0 Å². The van der Waals surface area contributed by atoms with Crippen molar-refractivity contribution in [3.8, 4) is 0 Å². The Balaban J connectivity index is 1.36. The first-order chi connectivity index (χ1) is 15.4. The van der Waals surface area contributed by atoms with Crippen molar-refractivity contribution in [1.82, 2.24) is 0 Å². The van der Waals surface area contributed by atoms with Gasteiger partial charge in [-0.05, 0) is 92.1 Å². The largest absolute Gasteiger partial charge is 0.458 e. The third kappa shape index (κ3) is 2.38. The number of allylic oxidation sites excluding steroid dienone is 4. The summed E-state index contributed by atoms with van der Waals surface area (Å²) in [6.07, 6.45) is 16.9. The molecule has 4 fully saturated rings. The van der Waals surface area contributed by atoms with Gasteiger partial charge in [0.25, 0.3) is 0 Å². The molecular weight excluding hydrogens is 408 g/mol. The quantitative estimate of drug-likeness (QED) is 0.360. The van der Waals surface area contributed by atoms with Gasteiger partial charge in [-0.25, -0.2) is 0 Å². The molecule has 1 aliphatic heterocycles. The van der Waals surface area contributed by atoms with Gasteiger partial charge in [0, 0.05) is 16.2 Å². The second-order valence-electron chi connectivity index (χ2n) is 13.5. The molecule has 1 saturated heterocycles. The van der Waals surface area contributed by atoms with E-state index < -0.39 is 0 Å². The van der Waals surface area contributed by atoms with E-state index >= 15 is 0 Å². The summed E-state index contributed by atoms with van der Waals surface area (Å²) in [5, 5.41) is 0. The molecule has 0 amide bonds. The molecule has 9 unspecified atom stereocenters. The van der Waals surface area contributed by atoms with Gasteiger partial charge in [-0.2, -0.15) is 0 Å². The molecule has 1 heterocycles. The minimum Gasteiger partial charge on any atom is -0.458 e. The van der Waals surface area contributed by atoms with Gasteiger partial charge < -0.3 is 4.74 Å². The number of rotatable bonds is 2. The highest BCUT2D eigenvalue weighted by Gasteiger charge is 2.80. The van der Waals surface area contributed by atoms with E-state index in [2.05, 4.69) is 52.5 Å². The van der Waals surface area contributed by atoms with Gasteiger partial charge in [0.05, 0.1) is 5.92 Å². The van der Waals surface area contributed by atoms with Crippen LogP contribution in [-0.4, -0.2) is 17.9 Å². The van der Waals surface area contributed by atoms with Crippen LogP contribution in [0.2, 0.25) is 0 Å². The molecule has 0 aromatic rings. The molecular formula is C30H40O3. The topological polar surface area (TPSA) is 43.4 Å². The number of fused-ring (bicyclic) bond motifs is 2. The summed E-state index contributed by atoms with van der Waals surface area (Å²) in [4.78, 5) is 25.9. The molecule has 0 bridgehead atoms. The number of ketones is 1. The fraction of sp³-hybridized carbons (Fsp3) is 0.733. The number of carbonyl (C=O) groups is 2. The molecule has 0 aromatic carbocycles. The fourth-order valence-electron chi connectivity index (χ4n) is 10.0. The van der Waals surface area contributed by atoms with Crippen LogP contribution in [0.15, 0.2) is 36.5 Å². The predicted molar refractivity (Wildman–Crippen MR) is 129 cm³/mol. The van der Waals surface area contributed by atoms with Crippen molar-refractivity contribution in [1.29, 1.82) is 0 Å². The van der Waals surface area contributed by atoms with Gasteiger partial charge in [0.2, 0.25) is 0 Å². The Labute approximate surface area is 199 Å². The summed E-state index contributed by atoms with van der Waals surface area (Å²) >= 11 is 0. The number of esters is 1. The minimum atomic E-state index is -0.261. The zero-order valence-electron chi connectivity index (χ0n) is 21.1. The molecule has 0 aromatic heterocycles. The lowest BCUT2D eigenvalue weighted by atomic mass is 9.44. The maximum Gasteiger partial charge on any atom is 0.309 e. The second kappa shape index (κ2) is 6.32. The molecule has 178 valence electrons. The van der Waals surface area contributed by atoms with E-state index in [-0.39, 0.29) is 45.1 Å². The number of hydrogen-bond acceptors (Lipinski definition) is 3. The van der Waals surface area contributed by atoms with E-state index in [1.807, 2.05) is 13.0 Å². The number of cyclic esters (lactones) is 1. The molecule has 0 radical (unpaired) electrons. The van der Waals surface area contributed by atoms with Crippen LogP contribution in [0.3, 0.4) is 0 Å². The third-order valence-corrected chi connectivity index (χ3v) is 12.2. The molecule has 9 atom stereocenters. The Hall–Kier alpha value is -1.64. The Morgan fingerprint density at radius 2 is 1.64 bits per heavy atom. The van der Waals surface area contributed by atoms with E-state index in [1.54, 1.807) is 0 Å². The first-order valence-corrected chi connectivity index (χ1v) is 13.2. The van der Waals surface area contributed by atoms with Gasteiger partial charge in [0.1, 0.15) is 6.10 Å². The summed E-state index contributed by atoms with van der Waals surface area (Å²) in [5.41, 5.74) is 1.26. The van der Waals surface area contributed by atoms with Crippen LogP contribution >= 0.6 is 0 Å². The van der Waals surface area contributed by atoms with Gasteiger partial charge in [0.15, 0.2) is 5.78 Å². The van der Waals surface area contributed by atoms with E-state index in [0.29, 0.717) is 23.5 Å². The molecule has 3 nitrogen and oxygen atoms in total. The molecule has 3 saturated carbocycles. The number of carbonyl (C=O) groups excluding carboxylic acids is 2. The van der Waals surface area contributed by atoms with Crippen molar-refractivity contribution in [2.24, 2.45) is 50.7 Å². The average Bonchev–Trinajstić information content (AvgIpc) is 3.35. The molecule has 3 heteroatoms. The van der Waals surface area contributed by atoms with Crippen LogP contribution in [0.25, 0.3) is 0 Å². The maximum absolute atomic E-state index is 13.1. The molecule has 33 heavy (non-hydrogen) atoms. The Morgan fingerprint density at radius 3 is 2.33 bits per heavy atom. The van der Waals surface area contributed by atoms with Crippen LogP contribution in [0.5, 0.6) is 0 Å². The molecule has 6 rings (SSSR count). The maximum atomic E-state index is 13.1. The lowest BCUT2D eigenvalue weighted by Crippen LogP contribution is -2.54. The minimum absolute atomic E-state index is 0.000452. The molecule has 6 aliphatic rings. The van der Waals surface area contributed by atoms with Crippen LogP contribution in [-0.2, 0) is 14.3 Å². The van der Waals surface area contributed by atoms with Crippen LogP contribution < -0.4 is 0 Å². The van der Waals surface area contributed by atoms with E-state index in [1.165, 1.54) is 19.3 Å². The normalized spacial score (nSPS) is 53.4. The second-order valence-corrected chi connectivity index (χ2v) is 13.5. The van der Waals surface area contributed by atoms with E-state index in [9.17, 15) is 9.59 Å². The highest BCUT2D eigenvalue weighted by atomic mass is 16.5. The molecule has 5 aliphatic carbocycles. The van der Waals surface area contributed by atoms with Crippen molar-refractivity contribution in [3.63, 3.8) is 0 Å². The van der Waals surface area contributed by atoms with Gasteiger partial charge in [-0.3, -0.25) is 9.59 Å². The summed E-state index contributed by atoms with van der Waals surface area (Å²) in [6, 6.07) is 0. The van der Waals surface area contributed by atoms with E-state index in [0.717, 1.165) is 31.3 Å². The lowest BCUT2D eigenvalue weighted by Gasteiger charge is -2.59. The van der Waals surface area contributed by atoms with Gasteiger partial charge in [-0.15, -0.1) is 0 Å². The Morgan fingerprint density at radius 1 is 0.939 bits per heavy atom. The first kappa shape index (κ1) is 21.9. The van der Waals surface area contributed by atoms with Crippen molar-refractivity contribution in [2.45, 2.75) is 85.7 Å². The summed E-state index contributed by atoms with van der Waals surface area (Å²) < 4.78 is 5.86. The third-order valence-electron chi connectivity index (χ3n) is 12.2. The van der Waals surface area contributed by atoms with Crippen LogP contribution in [0.1, 0.15) is 79.6 Å². The van der Waals surface area contributed by atoms with Crippen LogP contribution in [0, 0.1) is 50.7 Å². The monoisotopic (exact) mass is 448 g/mol. The van der Waals surface area contributed by atoms with Gasteiger partial charge in [-0.1, -0.05) is 52.5 Å². The zero-order valence-corrected chi connectivity index (χ0v) is 21.1.